The molecule has 0 unspecified atom stereocenters. The molecule has 0 atom stereocenters. The van der Waals surface area contributed by atoms with Crippen molar-refractivity contribution in [3.05, 3.63) is 89.8 Å². The molecule has 3 aromatic carbocycles. The molecular formula is C23H14F2N2O. The van der Waals surface area contributed by atoms with Gasteiger partial charge in [0.15, 0.2) is 0 Å². The van der Waals surface area contributed by atoms with E-state index >= 15 is 0 Å². The molecule has 5 heteroatoms. The molecule has 28 heavy (non-hydrogen) atoms. The lowest BCUT2D eigenvalue weighted by molar-refractivity contribution is 0.0966. The van der Waals surface area contributed by atoms with E-state index in [1.807, 2.05) is 30.3 Å². The number of rotatable bonds is 2. The van der Waals surface area contributed by atoms with Gasteiger partial charge in [0.05, 0.1) is 0 Å². The second-order valence-electron chi connectivity index (χ2n) is 6.79. The van der Waals surface area contributed by atoms with E-state index in [4.69, 9.17) is 0 Å². The lowest BCUT2D eigenvalue weighted by Gasteiger charge is -2.13. The Morgan fingerprint density at radius 3 is 2.54 bits per heavy atom. The summed E-state index contributed by atoms with van der Waals surface area (Å²) < 4.78 is 27.7. The van der Waals surface area contributed by atoms with E-state index in [0.717, 1.165) is 33.5 Å². The van der Waals surface area contributed by atoms with Crippen LogP contribution in [0.15, 0.2) is 67.0 Å². The second kappa shape index (κ2) is 6.23. The van der Waals surface area contributed by atoms with Gasteiger partial charge >= 0.3 is 0 Å². The van der Waals surface area contributed by atoms with Crippen molar-refractivity contribution >= 4 is 16.7 Å². The van der Waals surface area contributed by atoms with Gasteiger partial charge < -0.3 is 5.32 Å². The van der Waals surface area contributed by atoms with Crippen LogP contribution < -0.4 is 5.32 Å². The normalized spacial score (nSPS) is 12.9. The Bertz CT molecular complexity index is 1270. The lowest BCUT2D eigenvalue weighted by atomic mass is 9.91. The third-order valence-electron chi connectivity index (χ3n) is 5.11. The van der Waals surface area contributed by atoms with Crippen LogP contribution in [-0.4, -0.2) is 10.9 Å². The van der Waals surface area contributed by atoms with E-state index in [0.29, 0.717) is 17.7 Å². The molecule has 5 rings (SSSR count). The molecule has 4 aromatic rings. The fourth-order valence-corrected chi connectivity index (χ4v) is 3.72. The summed E-state index contributed by atoms with van der Waals surface area (Å²) in [4.78, 5) is 16.4. The fraction of sp³-hybridized carbons (Fsp3) is 0.0435. The van der Waals surface area contributed by atoms with Gasteiger partial charge in [-0.25, -0.2) is 8.78 Å². The SMILES string of the molecule is O=C1NCc2c1cc(-c1ccc(F)cc1F)cc2-c1ccc2cnccc2c1. The summed E-state index contributed by atoms with van der Waals surface area (Å²) in [5, 5.41) is 4.87. The number of pyridine rings is 1. The van der Waals surface area contributed by atoms with Gasteiger partial charge in [-0.05, 0) is 64.0 Å². The largest absolute Gasteiger partial charge is 0.348 e. The highest BCUT2D eigenvalue weighted by atomic mass is 19.1. The summed E-state index contributed by atoms with van der Waals surface area (Å²) in [6.07, 6.45) is 3.52. The van der Waals surface area contributed by atoms with Gasteiger partial charge in [-0.1, -0.05) is 12.1 Å². The van der Waals surface area contributed by atoms with Crippen molar-refractivity contribution in [3.8, 4) is 22.3 Å². The minimum absolute atomic E-state index is 0.189. The Hall–Kier alpha value is -3.60. The van der Waals surface area contributed by atoms with Gasteiger partial charge in [0.25, 0.3) is 5.91 Å². The smallest absolute Gasteiger partial charge is 0.251 e. The van der Waals surface area contributed by atoms with E-state index in [1.165, 1.54) is 12.1 Å². The first-order chi connectivity index (χ1) is 13.6. The summed E-state index contributed by atoms with van der Waals surface area (Å²) in [5.41, 5.74) is 3.98. The minimum atomic E-state index is -0.658. The molecule has 1 aliphatic rings. The molecule has 2 heterocycles. The minimum Gasteiger partial charge on any atom is -0.348 e. The number of halogens is 2. The maximum atomic E-state index is 14.4. The molecule has 1 N–H and O–H groups in total. The Morgan fingerprint density at radius 2 is 1.68 bits per heavy atom. The molecule has 0 saturated heterocycles. The van der Waals surface area contributed by atoms with Crippen molar-refractivity contribution in [1.29, 1.82) is 0 Å². The summed E-state index contributed by atoms with van der Waals surface area (Å²) in [7, 11) is 0. The number of carbonyl (C=O) groups excluding carboxylic acids is 1. The molecule has 1 amide bonds. The predicted molar refractivity (Wildman–Crippen MR) is 104 cm³/mol. The first-order valence-electron chi connectivity index (χ1n) is 8.85. The molecule has 0 aliphatic carbocycles. The summed E-state index contributed by atoms with van der Waals surface area (Å²) >= 11 is 0. The summed E-state index contributed by atoms with van der Waals surface area (Å²) in [5.74, 6) is -1.48. The molecule has 0 radical (unpaired) electrons. The van der Waals surface area contributed by atoms with Crippen molar-refractivity contribution in [2.24, 2.45) is 0 Å². The van der Waals surface area contributed by atoms with Crippen LogP contribution in [0.3, 0.4) is 0 Å². The Balaban J connectivity index is 1.76. The number of amides is 1. The lowest BCUT2D eigenvalue weighted by Crippen LogP contribution is -2.12. The number of carbonyl (C=O) groups is 1. The van der Waals surface area contributed by atoms with E-state index in [1.54, 1.807) is 18.5 Å². The van der Waals surface area contributed by atoms with Crippen LogP contribution in [0, 0.1) is 11.6 Å². The number of fused-ring (bicyclic) bond motifs is 2. The Morgan fingerprint density at radius 1 is 0.821 bits per heavy atom. The topological polar surface area (TPSA) is 42.0 Å². The zero-order valence-corrected chi connectivity index (χ0v) is 14.7. The van der Waals surface area contributed by atoms with Crippen LogP contribution in [0.1, 0.15) is 15.9 Å². The predicted octanol–water partition coefficient (Wildman–Crippen LogP) is 5.09. The fourth-order valence-electron chi connectivity index (χ4n) is 3.72. The maximum absolute atomic E-state index is 14.4. The zero-order valence-electron chi connectivity index (χ0n) is 14.7. The number of hydrogen-bond acceptors (Lipinski definition) is 2. The molecule has 0 saturated carbocycles. The highest BCUT2D eigenvalue weighted by Crippen LogP contribution is 2.36. The number of aromatic nitrogens is 1. The van der Waals surface area contributed by atoms with E-state index in [2.05, 4.69) is 10.3 Å². The van der Waals surface area contributed by atoms with Crippen LogP contribution >= 0.6 is 0 Å². The third-order valence-corrected chi connectivity index (χ3v) is 5.11. The van der Waals surface area contributed by atoms with Gasteiger partial charge in [0.1, 0.15) is 11.6 Å². The number of nitrogens with one attached hydrogen (secondary N) is 1. The monoisotopic (exact) mass is 372 g/mol. The molecule has 0 fully saturated rings. The van der Waals surface area contributed by atoms with Crippen molar-refractivity contribution < 1.29 is 13.6 Å². The summed E-state index contributed by atoms with van der Waals surface area (Å²) in [6.45, 7) is 0.421. The highest BCUT2D eigenvalue weighted by Gasteiger charge is 2.24. The van der Waals surface area contributed by atoms with E-state index in [9.17, 15) is 13.6 Å². The Kier molecular flexibility index (Phi) is 3.69. The van der Waals surface area contributed by atoms with Crippen LogP contribution in [0.2, 0.25) is 0 Å². The first-order valence-corrected chi connectivity index (χ1v) is 8.85. The summed E-state index contributed by atoms with van der Waals surface area (Å²) in [6, 6.07) is 14.9. The molecular weight excluding hydrogens is 358 g/mol. The molecule has 136 valence electrons. The van der Waals surface area contributed by atoms with Crippen molar-refractivity contribution in [2.75, 3.05) is 0 Å². The quantitative estimate of drug-likeness (QED) is 0.533. The molecule has 0 bridgehead atoms. The van der Waals surface area contributed by atoms with Gasteiger partial charge in [-0.3, -0.25) is 9.78 Å². The molecule has 1 aromatic heterocycles. The Labute approximate surface area is 159 Å². The van der Waals surface area contributed by atoms with Gasteiger partial charge in [0, 0.05) is 41.5 Å². The third kappa shape index (κ3) is 2.63. The van der Waals surface area contributed by atoms with Crippen LogP contribution in [-0.2, 0) is 6.54 Å². The van der Waals surface area contributed by atoms with Crippen molar-refractivity contribution in [3.63, 3.8) is 0 Å². The average Bonchev–Trinajstić information content (AvgIpc) is 3.08. The average molecular weight is 372 g/mol. The molecule has 0 spiro atoms. The molecule has 1 aliphatic heterocycles. The number of benzene rings is 3. The molecule has 3 nitrogen and oxygen atoms in total. The van der Waals surface area contributed by atoms with Gasteiger partial charge in [-0.15, -0.1) is 0 Å². The van der Waals surface area contributed by atoms with Crippen molar-refractivity contribution in [1.82, 2.24) is 10.3 Å². The van der Waals surface area contributed by atoms with Crippen LogP contribution in [0.5, 0.6) is 0 Å². The number of hydrogen-bond donors (Lipinski definition) is 1. The zero-order chi connectivity index (χ0) is 19.3. The highest BCUT2D eigenvalue weighted by molar-refractivity contribution is 6.02. The van der Waals surface area contributed by atoms with E-state index in [-0.39, 0.29) is 11.5 Å². The van der Waals surface area contributed by atoms with Crippen molar-refractivity contribution in [2.45, 2.75) is 6.54 Å². The maximum Gasteiger partial charge on any atom is 0.251 e. The first kappa shape index (κ1) is 16.6. The number of nitrogens with zero attached hydrogens (tertiary/aromatic N) is 1. The van der Waals surface area contributed by atoms with Gasteiger partial charge in [0.2, 0.25) is 0 Å². The van der Waals surface area contributed by atoms with Crippen LogP contribution in [0.4, 0.5) is 8.78 Å². The van der Waals surface area contributed by atoms with E-state index < -0.39 is 11.6 Å². The second-order valence-corrected chi connectivity index (χ2v) is 6.79. The van der Waals surface area contributed by atoms with Gasteiger partial charge in [-0.2, -0.15) is 0 Å². The standard InChI is InChI=1S/C23H14F2N2O/c24-17-3-4-18(22(25)10-17)16-8-19(21-12-27-23(28)20(21)9-16)14-1-2-15-11-26-6-5-13(15)7-14/h1-11H,12H2,(H,27,28). The van der Waals surface area contributed by atoms with Crippen LogP contribution in [0.25, 0.3) is 33.0 Å².